The first-order valence-corrected chi connectivity index (χ1v) is 10.9. The highest BCUT2D eigenvalue weighted by atomic mass is 32.1. The number of benzene rings is 1. The number of nitrogens with zero attached hydrogens (tertiary/aromatic N) is 4. The lowest BCUT2D eigenvalue weighted by atomic mass is 10.1. The molecule has 156 valence electrons. The highest BCUT2D eigenvalue weighted by Gasteiger charge is 2.25. The van der Waals surface area contributed by atoms with Gasteiger partial charge >= 0.3 is 0 Å². The summed E-state index contributed by atoms with van der Waals surface area (Å²) >= 11 is 1.37. The van der Waals surface area contributed by atoms with Crippen LogP contribution in [-0.4, -0.2) is 38.2 Å². The maximum absolute atomic E-state index is 15.6. The zero-order valence-electron chi connectivity index (χ0n) is 16.9. The van der Waals surface area contributed by atoms with Gasteiger partial charge in [0, 0.05) is 10.9 Å². The van der Waals surface area contributed by atoms with Crippen molar-refractivity contribution >= 4 is 38.9 Å². The van der Waals surface area contributed by atoms with Crippen LogP contribution in [0, 0.1) is 5.82 Å². The molecule has 30 heavy (non-hydrogen) atoms. The first-order chi connectivity index (χ1) is 14.6. The molecule has 1 aromatic carbocycles. The van der Waals surface area contributed by atoms with E-state index in [-0.39, 0.29) is 23.7 Å². The summed E-state index contributed by atoms with van der Waals surface area (Å²) in [5.74, 6) is 0.429. The number of nitrogens with one attached hydrogen (secondary N) is 2. The van der Waals surface area contributed by atoms with Crippen molar-refractivity contribution in [3.05, 3.63) is 41.8 Å². The van der Waals surface area contributed by atoms with Gasteiger partial charge in [0.1, 0.15) is 6.10 Å². The third-order valence-corrected chi connectivity index (χ3v) is 6.21. The van der Waals surface area contributed by atoms with Crippen LogP contribution in [0.4, 0.5) is 16.0 Å². The lowest BCUT2D eigenvalue weighted by Gasteiger charge is -2.24. The zero-order chi connectivity index (χ0) is 20.7. The number of rotatable bonds is 5. The van der Waals surface area contributed by atoms with E-state index in [0.29, 0.717) is 11.5 Å². The van der Waals surface area contributed by atoms with E-state index in [1.165, 1.54) is 16.0 Å². The SMILES string of the molecule is CC(C)c1cnn2c(Nc3nsc4ccccc34)c(F)c(OC3CCNCC3)nc12. The van der Waals surface area contributed by atoms with Crippen LogP contribution < -0.4 is 15.4 Å². The molecule has 0 radical (unpaired) electrons. The van der Waals surface area contributed by atoms with Crippen LogP contribution in [0.5, 0.6) is 5.88 Å². The number of aromatic nitrogens is 4. The summed E-state index contributed by atoms with van der Waals surface area (Å²) in [5, 5.41) is 11.8. The van der Waals surface area contributed by atoms with E-state index in [1.807, 2.05) is 24.3 Å². The lowest BCUT2D eigenvalue weighted by Crippen LogP contribution is -2.34. The molecule has 7 nitrogen and oxygen atoms in total. The Balaban J connectivity index is 1.62. The fourth-order valence-electron chi connectivity index (χ4n) is 3.72. The fourth-order valence-corrected chi connectivity index (χ4v) is 4.46. The second kappa shape index (κ2) is 7.81. The lowest BCUT2D eigenvalue weighted by molar-refractivity contribution is 0.149. The van der Waals surface area contributed by atoms with E-state index in [0.717, 1.165) is 41.6 Å². The average Bonchev–Trinajstić information content (AvgIpc) is 3.36. The second-order valence-corrected chi connectivity index (χ2v) is 8.59. The molecule has 0 bridgehead atoms. The molecule has 4 heterocycles. The van der Waals surface area contributed by atoms with Gasteiger partial charge in [-0.1, -0.05) is 26.0 Å². The van der Waals surface area contributed by atoms with E-state index >= 15 is 4.39 Å². The number of ether oxygens (including phenoxy) is 1. The highest BCUT2D eigenvalue weighted by molar-refractivity contribution is 7.13. The van der Waals surface area contributed by atoms with Gasteiger partial charge < -0.3 is 15.4 Å². The smallest absolute Gasteiger partial charge is 0.256 e. The van der Waals surface area contributed by atoms with Crippen LogP contribution in [0.1, 0.15) is 38.2 Å². The van der Waals surface area contributed by atoms with Crippen LogP contribution >= 0.6 is 11.5 Å². The quantitative estimate of drug-likeness (QED) is 0.490. The van der Waals surface area contributed by atoms with Gasteiger partial charge in [0.25, 0.3) is 5.88 Å². The maximum Gasteiger partial charge on any atom is 0.256 e. The van der Waals surface area contributed by atoms with Crippen molar-refractivity contribution in [2.75, 3.05) is 18.4 Å². The molecule has 1 saturated heterocycles. The number of anilines is 2. The van der Waals surface area contributed by atoms with E-state index in [1.54, 1.807) is 6.20 Å². The molecule has 1 fully saturated rings. The first kappa shape index (κ1) is 19.2. The van der Waals surface area contributed by atoms with E-state index < -0.39 is 5.82 Å². The van der Waals surface area contributed by atoms with Gasteiger partial charge in [-0.2, -0.15) is 23.4 Å². The summed E-state index contributed by atoms with van der Waals surface area (Å²) in [4.78, 5) is 4.53. The molecule has 5 rings (SSSR count). The maximum atomic E-state index is 15.6. The molecule has 2 N–H and O–H groups in total. The molecule has 0 unspecified atom stereocenters. The van der Waals surface area contributed by atoms with Crippen molar-refractivity contribution in [1.82, 2.24) is 24.3 Å². The molecule has 0 saturated carbocycles. The van der Waals surface area contributed by atoms with Crippen molar-refractivity contribution < 1.29 is 9.13 Å². The number of fused-ring (bicyclic) bond motifs is 2. The van der Waals surface area contributed by atoms with Crippen LogP contribution in [0.3, 0.4) is 0 Å². The minimum absolute atomic E-state index is 0.0128. The Hall–Kier alpha value is -2.78. The summed E-state index contributed by atoms with van der Waals surface area (Å²) in [7, 11) is 0. The molecule has 0 atom stereocenters. The zero-order valence-corrected chi connectivity index (χ0v) is 17.7. The Kier molecular flexibility index (Phi) is 5.00. The molecule has 0 spiro atoms. The molecular formula is C21H23FN6OS. The van der Waals surface area contributed by atoms with Crippen molar-refractivity contribution in [1.29, 1.82) is 0 Å². The summed E-state index contributed by atoms with van der Waals surface area (Å²) in [5.41, 5.74) is 1.54. The molecule has 0 aliphatic carbocycles. The number of hydrogen-bond acceptors (Lipinski definition) is 7. The normalized spacial score (nSPS) is 15.3. The van der Waals surface area contributed by atoms with Gasteiger partial charge in [-0.15, -0.1) is 0 Å². The van der Waals surface area contributed by atoms with Gasteiger partial charge in [-0.25, -0.2) is 0 Å². The first-order valence-electron chi connectivity index (χ1n) is 10.2. The van der Waals surface area contributed by atoms with Gasteiger partial charge in [0.15, 0.2) is 17.3 Å². The third-order valence-electron chi connectivity index (χ3n) is 5.39. The molecule has 0 amide bonds. The third kappa shape index (κ3) is 3.37. The van der Waals surface area contributed by atoms with Crippen LogP contribution in [0.15, 0.2) is 30.5 Å². The topological polar surface area (TPSA) is 76.4 Å². The summed E-state index contributed by atoms with van der Waals surface area (Å²) in [6, 6.07) is 7.86. The molecule has 3 aromatic heterocycles. The van der Waals surface area contributed by atoms with E-state index in [4.69, 9.17) is 4.74 Å². The minimum Gasteiger partial charge on any atom is -0.472 e. The van der Waals surface area contributed by atoms with Gasteiger partial charge in [0.05, 0.1) is 10.9 Å². The Labute approximate surface area is 177 Å². The predicted molar refractivity (Wildman–Crippen MR) is 116 cm³/mol. The standard InChI is InChI=1S/C21H23FN6OS/c1-12(2)15-11-24-28-19(15)26-21(29-13-7-9-23-10-8-13)17(22)20(28)25-18-14-5-3-4-6-16(14)30-27-18/h3-6,11-13,23H,7-10H2,1-2H3,(H,25,27). The number of halogens is 1. The number of hydrogen-bond donors (Lipinski definition) is 2. The predicted octanol–water partition coefficient (Wildman–Crippen LogP) is 4.48. The van der Waals surface area contributed by atoms with Gasteiger partial charge in [-0.3, -0.25) is 0 Å². The summed E-state index contributed by atoms with van der Waals surface area (Å²) in [6.45, 7) is 5.84. The average molecular weight is 427 g/mol. The molecule has 4 aromatic rings. The van der Waals surface area contributed by atoms with E-state index in [9.17, 15) is 0 Å². The largest absolute Gasteiger partial charge is 0.472 e. The second-order valence-electron chi connectivity index (χ2n) is 7.79. The monoisotopic (exact) mass is 426 g/mol. The van der Waals surface area contributed by atoms with Crippen LogP contribution in [0.2, 0.25) is 0 Å². The van der Waals surface area contributed by atoms with E-state index in [2.05, 4.69) is 38.9 Å². The molecule has 1 aliphatic heterocycles. The summed E-state index contributed by atoms with van der Waals surface area (Å²) in [6.07, 6.45) is 3.32. The van der Waals surface area contributed by atoms with Crippen molar-refractivity contribution in [3.8, 4) is 5.88 Å². The molecule has 1 aliphatic rings. The van der Waals surface area contributed by atoms with Crippen molar-refractivity contribution in [2.45, 2.75) is 38.7 Å². The Morgan fingerprint density at radius 1 is 1.27 bits per heavy atom. The number of piperidine rings is 1. The van der Waals surface area contributed by atoms with Crippen LogP contribution in [-0.2, 0) is 0 Å². The Morgan fingerprint density at radius 3 is 2.87 bits per heavy atom. The Bertz CT molecular complexity index is 1200. The Morgan fingerprint density at radius 2 is 2.07 bits per heavy atom. The minimum atomic E-state index is -0.559. The molecule has 9 heteroatoms. The van der Waals surface area contributed by atoms with Crippen molar-refractivity contribution in [3.63, 3.8) is 0 Å². The van der Waals surface area contributed by atoms with Crippen molar-refractivity contribution in [2.24, 2.45) is 0 Å². The van der Waals surface area contributed by atoms with Gasteiger partial charge in [0.2, 0.25) is 5.82 Å². The highest BCUT2D eigenvalue weighted by Crippen LogP contribution is 2.34. The van der Waals surface area contributed by atoms with Gasteiger partial charge in [-0.05, 0) is 55.5 Å². The fraction of sp³-hybridized carbons (Fsp3) is 0.381. The summed E-state index contributed by atoms with van der Waals surface area (Å²) < 4.78 is 28.6. The molecular weight excluding hydrogens is 403 g/mol. The van der Waals surface area contributed by atoms with Crippen LogP contribution in [0.25, 0.3) is 15.7 Å².